The predicted octanol–water partition coefficient (Wildman–Crippen LogP) is 4.72. The lowest BCUT2D eigenvalue weighted by Gasteiger charge is -2.31. The first kappa shape index (κ1) is 23.1. The molecule has 2 amide bonds. The molecule has 1 saturated carbocycles. The summed E-state index contributed by atoms with van der Waals surface area (Å²) in [5.74, 6) is -0.499. The molecule has 3 rings (SSSR count). The Morgan fingerprint density at radius 3 is 2.48 bits per heavy atom. The van der Waals surface area contributed by atoms with Crippen LogP contribution in [0.15, 0.2) is 48.5 Å². The highest BCUT2D eigenvalue weighted by atomic mass is 35.5. The molecular weight excluding hydrogens is 419 g/mol. The number of hydrogen-bond donors (Lipinski definition) is 1. The van der Waals surface area contributed by atoms with E-state index < -0.39 is 6.04 Å². The van der Waals surface area contributed by atoms with E-state index in [1.807, 2.05) is 0 Å². The Hall–Kier alpha value is -2.60. The second kappa shape index (κ2) is 11.1. The Kier molecular flexibility index (Phi) is 8.29. The smallest absolute Gasteiger partial charge is 0.261 e. The van der Waals surface area contributed by atoms with Crippen LogP contribution < -0.4 is 10.1 Å². The summed E-state index contributed by atoms with van der Waals surface area (Å²) in [5.41, 5.74) is 0.727. The summed E-state index contributed by atoms with van der Waals surface area (Å²) in [7, 11) is 0. The fourth-order valence-corrected chi connectivity index (χ4v) is 3.91. The number of hydrogen-bond acceptors (Lipinski definition) is 3. The molecule has 5 nitrogen and oxygen atoms in total. The largest absolute Gasteiger partial charge is 0.482 e. The van der Waals surface area contributed by atoms with Crippen LogP contribution in [0.1, 0.15) is 44.6 Å². The molecule has 1 aliphatic rings. The first-order valence-corrected chi connectivity index (χ1v) is 11.0. The van der Waals surface area contributed by atoms with E-state index in [9.17, 15) is 14.0 Å². The molecule has 0 spiro atoms. The molecule has 31 heavy (non-hydrogen) atoms. The number of amides is 2. The van der Waals surface area contributed by atoms with E-state index >= 15 is 0 Å². The van der Waals surface area contributed by atoms with Crippen molar-refractivity contribution >= 4 is 23.4 Å². The van der Waals surface area contributed by atoms with Crippen LogP contribution in [-0.4, -0.2) is 35.4 Å². The molecule has 1 fully saturated rings. The lowest BCUT2D eigenvalue weighted by molar-refractivity contribution is -0.142. The monoisotopic (exact) mass is 446 g/mol. The second-order valence-electron chi connectivity index (χ2n) is 7.89. The summed E-state index contributed by atoms with van der Waals surface area (Å²) in [5, 5.41) is 3.48. The van der Waals surface area contributed by atoms with Crippen molar-refractivity contribution in [3.8, 4) is 5.75 Å². The molecule has 0 bridgehead atoms. The van der Waals surface area contributed by atoms with Crippen LogP contribution in [-0.2, 0) is 16.1 Å². The van der Waals surface area contributed by atoms with Gasteiger partial charge in [-0.3, -0.25) is 9.59 Å². The van der Waals surface area contributed by atoms with Crippen LogP contribution in [0, 0.1) is 5.82 Å². The Balaban J connectivity index is 1.70. The van der Waals surface area contributed by atoms with Gasteiger partial charge in [0.2, 0.25) is 5.91 Å². The third kappa shape index (κ3) is 6.69. The zero-order valence-corrected chi connectivity index (χ0v) is 18.4. The van der Waals surface area contributed by atoms with Gasteiger partial charge < -0.3 is 15.0 Å². The van der Waals surface area contributed by atoms with Crippen molar-refractivity contribution in [3.05, 3.63) is 64.9 Å². The predicted molar refractivity (Wildman–Crippen MR) is 118 cm³/mol. The van der Waals surface area contributed by atoms with Crippen molar-refractivity contribution in [2.45, 2.75) is 57.7 Å². The van der Waals surface area contributed by atoms with Crippen LogP contribution in [0.2, 0.25) is 5.02 Å². The van der Waals surface area contributed by atoms with Crippen LogP contribution in [0.3, 0.4) is 0 Å². The van der Waals surface area contributed by atoms with Gasteiger partial charge in [0.1, 0.15) is 17.6 Å². The van der Waals surface area contributed by atoms with Gasteiger partial charge in [0.05, 0.1) is 5.02 Å². The van der Waals surface area contributed by atoms with Gasteiger partial charge in [0, 0.05) is 12.6 Å². The maximum atomic E-state index is 13.3. The maximum Gasteiger partial charge on any atom is 0.261 e. The number of halogens is 2. The number of rotatable bonds is 8. The van der Waals surface area contributed by atoms with E-state index in [-0.39, 0.29) is 36.8 Å². The van der Waals surface area contributed by atoms with Gasteiger partial charge in [0.15, 0.2) is 6.61 Å². The second-order valence-corrected chi connectivity index (χ2v) is 8.29. The molecular formula is C24H28ClFN2O3. The molecule has 0 unspecified atom stereocenters. The number of para-hydroxylation sites is 1. The third-order valence-corrected chi connectivity index (χ3v) is 5.89. The summed E-state index contributed by atoms with van der Waals surface area (Å²) in [6.07, 6.45) is 5.31. The van der Waals surface area contributed by atoms with Crippen molar-refractivity contribution in [2.75, 3.05) is 6.61 Å². The van der Waals surface area contributed by atoms with Crippen LogP contribution >= 0.6 is 11.6 Å². The Morgan fingerprint density at radius 1 is 1.13 bits per heavy atom. The molecule has 0 aromatic heterocycles. The Morgan fingerprint density at radius 2 is 1.81 bits per heavy atom. The van der Waals surface area contributed by atoms with Crippen LogP contribution in [0.25, 0.3) is 0 Å². The number of benzene rings is 2. The van der Waals surface area contributed by atoms with Crippen molar-refractivity contribution < 1.29 is 18.7 Å². The van der Waals surface area contributed by atoms with E-state index in [0.717, 1.165) is 31.2 Å². The Bertz CT molecular complexity index is 885. The number of nitrogens with zero attached hydrogens (tertiary/aromatic N) is 1. The highest BCUT2D eigenvalue weighted by Gasteiger charge is 2.28. The molecule has 0 saturated heterocycles. The summed E-state index contributed by atoms with van der Waals surface area (Å²) in [6.45, 7) is 1.62. The van der Waals surface area contributed by atoms with Gasteiger partial charge in [-0.05, 0) is 49.6 Å². The molecule has 0 radical (unpaired) electrons. The fourth-order valence-electron chi connectivity index (χ4n) is 3.72. The van der Waals surface area contributed by atoms with Crippen LogP contribution in [0.5, 0.6) is 5.75 Å². The van der Waals surface area contributed by atoms with Gasteiger partial charge in [-0.1, -0.05) is 55.1 Å². The summed E-state index contributed by atoms with van der Waals surface area (Å²) in [4.78, 5) is 27.4. The van der Waals surface area contributed by atoms with Crippen molar-refractivity contribution in [3.63, 3.8) is 0 Å². The van der Waals surface area contributed by atoms with Crippen molar-refractivity contribution in [1.29, 1.82) is 0 Å². The van der Waals surface area contributed by atoms with Crippen molar-refractivity contribution in [2.24, 2.45) is 0 Å². The zero-order chi connectivity index (χ0) is 22.2. The molecule has 1 N–H and O–H groups in total. The first-order valence-electron chi connectivity index (χ1n) is 10.7. The highest BCUT2D eigenvalue weighted by molar-refractivity contribution is 6.32. The van der Waals surface area contributed by atoms with E-state index in [1.54, 1.807) is 43.3 Å². The van der Waals surface area contributed by atoms with Gasteiger partial charge in [-0.25, -0.2) is 4.39 Å². The zero-order valence-electron chi connectivity index (χ0n) is 17.7. The number of nitrogens with one attached hydrogen (secondary N) is 1. The minimum absolute atomic E-state index is 0.144. The van der Waals surface area contributed by atoms with Gasteiger partial charge >= 0.3 is 0 Å². The summed E-state index contributed by atoms with van der Waals surface area (Å²) >= 11 is 6.10. The minimum Gasteiger partial charge on any atom is -0.482 e. The molecule has 2 aromatic carbocycles. The molecule has 0 heterocycles. The lowest BCUT2D eigenvalue weighted by Crippen LogP contribution is -2.51. The molecule has 1 aliphatic carbocycles. The summed E-state index contributed by atoms with van der Waals surface area (Å²) in [6, 6.07) is 12.2. The average Bonchev–Trinajstić information content (AvgIpc) is 2.78. The van der Waals surface area contributed by atoms with Crippen LogP contribution in [0.4, 0.5) is 4.39 Å². The maximum absolute atomic E-state index is 13.3. The SMILES string of the molecule is C[C@H](C(=O)NC1CCCCC1)N(Cc1ccc(F)cc1)C(=O)COc1ccccc1Cl. The van der Waals surface area contributed by atoms with E-state index in [2.05, 4.69) is 5.32 Å². The molecule has 2 aromatic rings. The number of carbonyl (C=O) groups is 2. The number of ether oxygens (including phenoxy) is 1. The first-order chi connectivity index (χ1) is 14.9. The standard InChI is InChI=1S/C24H28ClFN2O3/c1-17(24(30)27-20-7-3-2-4-8-20)28(15-18-11-13-19(26)14-12-18)23(29)16-31-22-10-6-5-9-21(22)25/h5-6,9-14,17,20H,2-4,7-8,15-16H2,1H3,(H,27,30)/t17-/m1/s1. The molecule has 1 atom stereocenters. The average molecular weight is 447 g/mol. The van der Waals surface area contributed by atoms with Crippen molar-refractivity contribution in [1.82, 2.24) is 10.2 Å². The van der Waals surface area contributed by atoms with E-state index in [4.69, 9.17) is 16.3 Å². The minimum atomic E-state index is -0.700. The van der Waals surface area contributed by atoms with E-state index in [0.29, 0.717) is 10.8 Å². The van der Waals surface area contributed by atoms with Gasteiger partial charge in [0.25, 0.3) is 5.91 Å². The number of carbonyl (C=O) groups excluding carboxylic acids is 2. The molecule has 7 heteroatoms. The summed E-state index contributed by atoms with van der Waals surface area (Å²) < 4.78 is 18.9. The lowest BCUT2D eigenvalue weighted by atomic mass is 9.95. The molecule has 0 aliphatic heterocycles. The Labute approximate surface area is 187 Å². The topological polar surface area (TPSA) is 58.6 Å². The van der Waals surface area contributed by atoms with Gasteiger partial charge in [-0.15, -0.1) is 0 Å². The van der Waals surface area contributed by atoms with E-state index in [1.165, 1.54) is 23.5 Å². The third-order valence-electron chi connectivity index (χ3n) is 5.57. The normalized spacial score (nSPS) is 15.2. The quantitative estimate of drug-likeness (QED) is 0.638. The highest BCUT2D eigenvalue weighted by Crippen LogP contribution is 2.23. The van der Waals surface area contributed by atoms with Gasteiger partial charge in [-0.2, -0.15) is 0 Å². The molecule has 166 valence electrons. The fraction of sp³-hybridized carbons (Fsp3) is 0.417.